The second kappa shape index (κ2) is 7.44. The first-order valence-electron chi connectivity index (χ1n) is 7.67. The SMILES string of the molecule is CCOC(=O)C(c1ccccc1)N(C)C1CCCCC1. The van der Waals surface area contributed by atoms with E-state index < -0.39 is 0 Å². The van der Waals surface area contributed by atoms with E-state index >= 15 is 0 Å². The van der Waals surface area contributed by atoms with Gasteiger partial charge in [0.25, 0.3) is 0 Å². The molecule has 2 rings (SSSR count). The zero-order valence-electron chi connectivity index (χ0n) is 12.5. The minimum Gasteiger partial charge on any atom is -0.465 e. The highest BCUT2D eigenvalue weighted by molar-refractivity contribution is 5.77. The van der Waals surface area contributed by atoms with Crippen molar-refractivity contribution < 1.29 is 9.53 Å². The molecule has 20 heavy (non-hydrogen) atoms. The van der Waals surface area contributed by atoms with Crippen molar-refractivity contribution in [1.82, 2.24) is 4.90 Å². The molecule has 1 saturated carbocycles. The molecule has 3 nitrogen and oxygen atoms in total. The Hall–Kier alpha value is -1.35. The largest absolute Gasteiger partial charge is 0.465 e. The lowest BCUT2D eigenvalue weighted by atomic mass is 9.92. The Kier molecular flexibility index (Phi) is 5.60. The summed E-state index contributed by atoms with van der Waals surface area (Å²) in [6, 6.07) is 10.2. The van der Waals surface area contributed by atoms with E-state index in [0.717, 1.165) is 5.56 Å². The number of benzene rings is 1. The summed E-state index contributed by atoms with van der Waals surface area (Å²) in [5.74, 6) is -0.133. The van der Waals surface area contributed by atoms with Gasteiger partial charge in [-0.1, -0.05) is 49.6 Å². The van der Waals surface area contributed by atoms with Crippen LogP contribution in [0, 0.1) is 0 Å². The van der Waals surface area contributed by atoms with Crippen molar-refractivity contribution in [3.8, 4) is 0 Å². The Morgan fingerprint density at radius 1 is 1.25 bits per heavy atom. The van der Waals surface area contributed by atoms with Crippen molar-refractivity contribution in [2.75, 3.05) is 13.7 Å². The number of likely N-dealkylation sites (N-methyl/N-ethyl adjacent to an activating group) is 1. The number of carbonyl (C=O) groups excluding carboxylic acids is 1. The second-order valence-electron chi connectivity index (χ2n) is 5.52. The summed E-state index contributed by atoms with van der Waals surface area (Å²) in [5.41, 5.74) is 1.03. The lowest BCUT2D eigenvalue weighted by Gasteiger charge is -2.36. The lowest BCUT2D eigenvalue weighted by molar-refractivity contribution is -0.150. The number of hydrogen-bond acceptors (Lipinski definition) is 3. The standard InChI is InChI=1S/C17H25NO2/c1-3-20-17(19)16(14-10-6-4-7-11-14)18(2)15-12-8-5-9-13-15/h4,6-7,10-11,15-16H,3,5,8-9,12-13H2,1-2H3. The third-order valence-electron chi connectivity index (χ3n) is 4.18. The predicted octanol–water partition coefficient (Wildman–Crippen LogP) is 3.56. The number of ether oxygens (including phenoxy) is 1. The Labute approximate surface area is 121 Å². The summed E-state index contributed by atoms with van der Waals surface area (Å²) >= 11 is 0. The van der Waals surface area contributed by atoms with Crippen LogP contribution in [0.2, 0.25) is 0 Å². The summed E-state index contributed by atoms with van der Waals surface area (Å²) in [5, 5.41) is 0. The molecule has 0 heterocycles. The fraction of sp³-hybridized carbons (Fsp3) is 0.588. The van der Waals surface area contributed by atoms with E-state index in [1.54, 1.807) is 0 Å². The van der Waals surface area contributed by atoms with Gasteiger partial charge in [0.1, 0.15) is 6.04 Å². The van der Waals surface area contributed by atoms with Crippen LogP contribution in [0.1, 0.15) is 50.6 Å². The molecule has 0 bridgehead atoms. The van der Waals surface area contributed by atoms with Crippen LogP contribution >= 0.6 is 0 Å². The van der Waals surface area contributed by atoms with E-state index in [-0.39, 0.29) is 12.0 Å². The molecule has 1 atom stereocenters. The van der Waals surface area contributed by atoms with Gasteiger partial charge >= 0.3 is 5.97 Å². The topological polar surface area (TPSA) is 29.5 Å². The van der Waals surface area contributed by atoms with Gasteiger partial charge in [-0.2, -0.15) is 0 Å². The molecule has 1 aromatic carbocycles. The van der Waals surface area contributed by atoms with E-state index in [9.17, 15) is 4.79 Å². The van der Waals surface area contributed by atoms with Crippen molar-refractivity contribution in [1.29, 1.82) is 0 Å². The van der Waals surface area contributed by atoms with Gasteiger partial charge in [-0.25, -0.2) is 4.79 Å². The second-order valence-corrected chi connectivity index (χ2v) is 5.52. The number of esters is 1. The van der Waals surface area contributed by atoms with Crippen molar-refractivity contribution in [2.45, 2.75) is 51.1 Å². The van der Waals surface area contributed by atoms with Crippen LogP contribution in [0.4, 0.5) is 0 Å². The first kappa shape index (κ1) is 15.0. The average Bonchev–Trinajstić information content (AvgIpc) is 2.50. The summed E-state index contributed by atoms with van der Waals surface area (Å²) in [6.07, 6.45) is 6.21. The minimum absolute atomic E-state index is 0.133. The molecule has 0 radical (unpaired) electrons. The van der Waals surface area contributed by atoms with E-state index in [4.69, 9.17) is 4.74 Å². The maximum atomic E-state index is 12.4. The molecule has 0 amide bonds. The molecule has 0 N–H and O–H groups in total. The van der Waals surface area contributed by atoms with Gasteiger partial charge in [-0.15, -0.1) is 0 Å². The molecule has 0 aliphatic heterocycles. The minimum atomic E-state index is -0.278. The molecule has 1 aromatic rings. The number of nitrogens with zero attached hydrogens (tertiary/aromatic N) is 1. The molecular weight excluding hydrogens is 250 g/mol. The van der Waals surface area contributed by atoms with E-state index in [0.29, 0.717) is 12.6 Å². The first-order valence-corrected chi connectivity index (χ1v) is 7.67. The van der Waals surface area contributed by atoms with Gasteiger partial charge in [0.2, 0.25) is 0 Å². The molecule has 3 heteroatoms. The predicted molar refractivity (Wildman–Crippen MR) is 80.5 cm³/mol. The van der Waals surface area contributed by atoms with Crippen molar-refractivity contribution in [2.24, 2.45) is 0 Å². The quantitative estimate of drug-likeness (QED) is 0.770. The summed E-state index contributed by atoms with van der Waals surface area (Å²) < 4.78 is 5.29. The Morgan fingerprint density at radius 2 is 1.90 bits per heavy atom. The number of carbonyl (C=O) groups is 1. The summed E-state index contributed by atoms with van der Waals surface area (Å²) in [4.78, 5) is 14.6. The van der Waals surface area contributed by atoms with Crippen molar-refractivity contribution >= 4 is 5.97 Å². The monoisotopic (exact) mass is 275 g/mol. The van der Waals surface area contributed by atoms with Crippen molar-refractivity contribution in [3.05, 3.63) is 35.9 Å². The van der Waals surface area contributed by atoms with E-state index in [2.05, 4.69) is 11.9 Å². The maximum absolute atomic E-state index is 12.4. The maximum Gasteiger partial charge on any atom is 0.327 e. The average molecular weight is 275 g/mol. The summed E-state index contributed by atoms with van der Waals surface area (Å²) in [7, 11) is 2.06. The molecule has 0 saturated heterocycles. The highest BCUT2D eigenvalue weighted by Crippen LogP contribution is 2.29. The Morgan fingerprint density at radius 3 is 2.50 bits per heavy atom. The van der Waals surface area contributed by atoms with Crippen LogP contribution in [0.3, 0.4) is 0 Å². The van der Waals surface area contributed by atoms with E-state index in [1.165, 1.54) is 32.1 Å². The fourth-order valence-electron chi connectivity index (χ4n) is 3.09. The molecule has 0 spiro atoms. The first-order chi connectivity index (χ1) is 9.74. The van der Waals surface area contributed by atoms with Crippen LogP contribution in [-0.2, 0) is 9.53 Å². The smallest absolute Gasteiger partial charge is 0.327 e. The third-order valence-corrected chi connectivity index (χ3v) is 4.18. The van der Waals surface area contributed by atoms with Gasteiger partial charge in [0.05, 0.1) is 6.61 Å². The molecule has 1 aliphatic carbocycles. The molecule has 1 fully saturated rings. The normalized spacial score (nSPS) is 17.9. The van der Waals surface area contributed by atoms with Gasteiger partial charge in [0.15, 0.2) is 0 Å². The molecule has 1 unspecified atom stereocenters. The Bertz CT molecular complexity index is 412. The zero-order chi connectivity index (χ0) is 14.4. The van der Waals surface area contributed by atoms with Gasteiger partial charge in [-0.3, -0.25) is 4.90 Å². The Balaban J connectivity index is 2.19. The third kappa shape index (κ3) is 3.60. The van der Waals surface area contributed by atoms with Gasteiger partial charge in [-0.05, 0) is 32.4 Å². The fourth-order valence-corrected chi connectivity index (χ4v) is 3.09. The number of rotatable bonds is 5. The zero-order valence-corrected chi connectivity index (χ0v) is 12.5. The van der Waals surface area contributed by atoms with Crippen LogP contribution in [0.25, 0.3) is 0 Å². The molecule has 110 valence electrons. The van der Waals surface area contributed by atoms with Gasteiger partial charge < -0.3 is 4.74 Å². The number of hydrogen-bond donors (Lipinski definition) is 0. The lowest BCUT2D eigenvalue weighted by Crippen LogP contribution is -2.40. The highest BCUT2D eigenvalue weighted by atomic mass is 16.5. The van der Waals surface area contributed by atoms with Crippen LogP contribution in [0.15, 0.2) is 30.3 Å². The van der Waals surface area contributed by atoms with Gasteiger partial charge in [0, 0.05) is 6.04 Å². The van der Waals surface area contributed by atoms with Crippen LogP contribution in [-0.4, -0.2) is 30.6 Å². The highest BCUT2D eigenvalue weighted by Gasteiger charge is 2.31. The summed E-state index contributed by atoms with van der Waals surface area (Å²) in [6.45, 7) is 2.29. The molecule has 1 aliphatic rings. The van der Waals surface area contributed by atoms with E-state index in [1.807, 2.05) is 37.3 Å². The molecule has 0 aromatic heterocycles. The molecular formula is C17H25NO2. The van der Waals surface area contributed by atoms with Crippen molar-refractivity contribution in [3.63, 3.8) is 0 Å². The van der Waals surface area contributed by atoms with Crippen LogP contribution in [0.5, 0.6) is 0 Å². The van der Waals surface area contributed by atoms with Crippen LogP contribution < -0.4 is 0 Å².